The molecule has 0 aromatic heterocycles. The molecule has 23 heavy (non-hydrogen) atoms. The van der Waals surface area contributed by atoms with Crippen LogP contribution in [0, 0.1) is 5.41 Å². The number of benzene rings is 1. The first-order valence-electron chi connectivity index (χ1n) is 8.33. The molecule has 122 valence electrons. The highest BCUT2D eigenvalue weighted by atomic mass is 16.4. The number of piperidine rings is 1. The standard InChI is InChI=1S/C19H23NO3/c21-17(13-15-5-7-16(8-6-15)18(22)23)20-12-4-11-19(14-20)9-2-1-3-10-19/h1-2,5-8H,3-4,9-14H2,(H,22,23). The number of nitrogens with zero attached hydrogens (tertiary/aromatic N) is 1. The van der Waals surface area contributed by atoms with Crippen molar-refractivity contribution in [2.24, 2.45) is 5.41 Å². The van der Waals surface area contributed by atoms with Gasteiger partial charge in [0.05, 0.1) is 12.0 Å². The van der Waals surface area contributed by atoms with Gasteiger partial charge in [-0.15, -0.1) is 0 Å². The van der Waals surface area contributed by atoms with E-state index in [0.29, 0.717) is 6.42 Å². The zero-order chi connectivity index (χ0) is 16.3. The summed E-state index contributed by atoms with van der Waals surface area (Å²) < 4.78 is 0. The van der Waals surface area contributed by atoms with Gasteiger partial charge in [0.2, 0.25) is 5.91 Å². The fraction of sp³-hybridized carbons (Fsp3) is 0.474. The van der Waals surface area contributed by atoms with Crippen LogP contribution in [0.25, 0.3) is 0 Å². The van der Waals surface area contributed by atoms with Gasteiger partial charge in [0.15, 0.2) is 0 Å². The molecule has 0 saturated carbocycles. The van der Waals surface area contributed by atoms with Crippen LogP contribution in [0.3, 0.4) is 0 Å². The Balaban J connectivity index is 1.63. The number of likely N-dealkylation sites (tertiary alicyclic amines) is 1. The minimum atomic E-state index is -0.939. The number of amides is 1. The minimum absolute atomic E-state index is 0.154. The lowest BCUT2D eigenvalue weighted by Crippen LogP contribution is -2.47. The molecule has 1 aliphatic carbocycles. The second kappa shape index (κ2) is 6.57. The van der Waals surface area contributed by atoms with Crippen LogP contribution in [-0.4, -0.2) is 35.0 Å². The molecule has 4 nitrogen and oxygen atoms in total. The van der Waals surface area contributed by atoms with Crippen LogP contribution in [-0.2, 0) is 11.2 Å². The predicted molar refractivity (Wildman–Crippen MR) is 88.3 cm³/mol. The van der Waals surface area contributed by atoms with Crippen molar-refractivity contribution in [3.63, 3.8) is 0 Å². The Morgan fingerprint density at radius 1 is 1.13 bits per heavy atom. The van der Waals surface area contributed by atoms with E-state index >= 15 is 0 Å². The molecule has 1 amide bonds. The first kappa shape index (κ1) is 15.8. The summed E-state index contributed by atoms with van der Waals surface area (Å²) >= 11 is 0. The quantitative estimate of drug-likeness (QED) is 0.871. The second-order valence-electron chi connectivity index (χ2n) is 6.81. The summed E-state index contributed by atoms with van der Waals surface area (Å²) in [5.74, 6) is -0.784. The minimum Gasteiger partial charge on any atom is -0.478 e. The van der Waals surface area contributed by atoms with Gasteiger partial charge >= 0.3 is 5.97 Å². The van der Waals surface area contributed by atoms with E-state index in [1.165, 1.54) is 12.8 Å². The molecule has 4 heteroatoms. The van der Waals surface area contributed by atoms with Crippen LogP contribution in [0.5, 0.6) is 0 Å². The van der Waals surface area contributed by atoms with Gasteiger partial charge in [-0.05, 0) is 55.2 Å². The Hall–Kier alpha value is -2.10. The molecule has 1 aromatic rings. The summed E-state index contributed by atoms with van der Waals surface area (Å²) in [6.07, 6.45) is 10.6. The molecule has 0 radical (unpaired) electrons. The average Bonchev–Trinajstić information content (AvgIpc) is 2.56. The lowest BCUT2D eigenvalue weighted by molar-refractivity contribution is -0.134. The molecule has 1 heterocycles. The van der Waals surface area contributed by atoms with Gasteiger partial charge in [-0.25, -0.2) is 4.79 Å². The Labute approximate surface area is 136 Å². The highest BCUT2D eigenvalue weighted by molar-refractivity contribution is 5.87. The highest BCUT2D eigenvalue weighted by Gasteiger charge is 2.36. The lowest BCUT2D eigenvalue weighted by atomic mass is 9.71. The molecular formula is C19H23NO3. The van der Waals surface area contributed by atoms with E-state index in [0.717, 1.165) is 37.9 Å². The van der Waals surface area contributed by atoms with Gasteiger partial charge in [0.25, 0.3) is 0 Å². The number of carboxylic acids is 1. The third kappa shape index (κ3) is 3.63. The summed E-state index contributed by atoms with van der Waals surface area (Å²) in [5.41, 5.74) is 1.42. The van der Waals surface area contributed by atoms with Crippen molar-refractivity contribution in [2.75, 3.05) is 13.1 Å². The predicted octanol–water partition coefficient (Wildman–Crippen LogP) is 3.28. The molecule has 1 atom stereocenters. The number of aromatic carboxylic acids is 1. The zero-order valence-electron chi connectivity index (χ0n) is 13.3. The summed E-state index contributed by atoms with van der Waals surface area (Å²) in [6.45, 7) is 1.71. The maximum Gasteiger partial charge on any atom is 0.335 e. The number of hydrogen-bond acceptors (Lipinski definition) is 2. The number of carbonyl (C=O) groups excluding carboxylic acids is 1. The first-order chi connectivity index (χ1) is 11.1. The Morgan fingerprint density at radius 3 is 2.57 bits per heavy atom. The molecule has 1 aliphatic heterocycles. The van der Waals surface area contributed by atoms with E-state index in [1.54, 1.807) is 24.3 Å². The van der Waals surface area contributed by atoms with E-state index in [-0.39, 0.29) is 16.9 Å². The van der Waals surface area contributed by atoms with Crippen molar-refractivity contribution in [2.45, 2.75) is 38.5 Å². The van der Waals surface area contributed by atoms with Crippen LogP contribution in [0.15, 0.2) is 36.4 Å². The number of carboxylic acid groups (broad SMARTS) is 1. The fourth-order valence-corrected chi connectivity index (χ4v) is 3.79. The Kier molecular flexibility index (Phi) is 4.51. The number of carbonyl (C=O) groups is 2. The fourth-order valence-electron chi connectivity index (χ4n) is 3.79. The van der Waals surface area contributed by atoms with Crippen LogP contribution in [0.1, 0.15) is 48.0 Å². The maximum absolute atomic E-state index is 12.6. The number of allylic oxidation sites excluding steroid dienone is 2. The maximum atomic E-state index is 12.6. The molecule has 1 fully saturated rings. The molecule has 0 bridgehead atoms. The number of rotatable bonds is 3. The molecule has 2 aliphatic rings. The van der Waals surface area contributed by atoms with Gasteiger partial charge in [-0.1, -0.05) is 24.3 Å². The largest absolute Gasteiger partial charge is 0.478 e. The van der Waals surface area contributed by atoms with Crippen molar-refractivity contribution in [1.82, 2.24) is 4.90 Å². The van der Waals surface area contributed by atoms with Crippen LogP contribution in [0.2, 0.25) is 0 Å². The van der Waals surface area contributed by atoms with Gasteiger partial charge < -0.3 is 10.0 Å². The second-order valence-corrected chi connectivity index (χ2v) is 6.81. The summed E-state index contributed by atoms with van der Waals surface area (Å²) in [7, 11) is 0. The molecule has 3 rings (SSSR count). The molecule has 1 N–H and O–H groups in total. The lowest BCUT2D eigenvalue weighted by Gasteiger charge is -2.44. The van der Waals surface area contributed by atoms with Crippen LogP contribution in [0.4, 0.5) is 0 Å². The van der Waals surface area contributed by atoms with Crippen LogP contribution >= 0.6 is 0 Å². The normalized spacial score (nSPS) is 23.9. The summed E-state index contributed by atoms with van der Waals surface area (Å²) in [5, 5.41) is 8.92. The SMILES string of the molecule is O=C(O)c1ccc(CC(=O)N2CCCC3(CC=CCC3)C2)cc1. The van der Waals surface area contributed by atoms with Crippen molar-refractivity contribution in [1.29, 1.82) is 0 Å². The van der Waals surface area contributed by atoms with E-state index < -0.39 is 5.97 Å². The number of hydrogen-bond donors (Lipinski definition) is 1. The van der Waals surface area contributed by atoms with Crippen molar-refractivity contribution >= 4 is 11.9 Å². The van der Waals surface area contributed by atoms with E-state index in [4.69, 9.17) is 5.11 Å². The van der Waals surface area contributed by atoms with Crippen molar-refractivity contribution < 1.29 is 14.7 Å². The zero-order valence-corrected chi connectivity index (χ0v) is 13.3. The topological polar surface area (TPSA) is 57.6 Å². The van der Waals surface area contributed by atoms with Gasteiger partial charge in [0, 0.05) is 13.1 Å². The molecule has 1 spiro atoms. The van der Waals surface area contributed by atoms with Gasteiger partial charge in [0.1, 0.15) is 0 Å². The van der Waals surface area contributed by atoms with Gasteiger partial charge in [-0.3, -0.25) is 4.79 Å². The highest BCUT2D eigenvalue weighted by Crippen LogP contribution is 2.40. The monoisotopic (exact) mass is 313 g/mol. The van der Waals surface area contributed by atoms with Crippen molar-refractivity contribution in [3.8, 4) is 0 Å². The molecular weight excluding hydrogens is 290 g/mol. The van der Waals surface area contributed by atoms with E-state index in [9.17, 15) is 9.59 Å². The smallest absolute Gasteiger partial charge is 0.335 e. The summed E-state index contributed by atoms with van der Waals surface area (Å²) in [4.78, 5) is 25.5. The third-order valence-corrected chi connectivity index (χ3v) is 5.13. The third-order valence-electron chi connectivity index (χ3n) is 5.13. The van der Waals surface area contributed by atoms with Crippen LogP contribution < -0.4 is 0 Å². The van der Waals surface area contributed by atoms with E-state index in [1.807, 2.05) is 4.90 Å². The van der Waals surface area contributed by atoms with E-state index in [2.05, 4.69) is 12.2 Å². The molecule has 1 unspecified atom stereocenters. The van der Waals surface area contributed by atoms with Gasteiger partial charge in [-0.2, -0.15) is 0 Å². The average molecular weight is 313 g/mol. The Bertz CT molecular complexity index is 620. The molecule has 1 aromatic carbocycles. The van der Waals surface area contributed by atoms with Crippen molar-refractivity contribution in [3.05, 3.63) is 47.5 Å². The Morgan fingerprint density at radius 2 is 1.91 bits per heavy atom. The summed E-state index contributed by atoms with van der Waals surface area (Å²) in [6, 6.07) is 6.61. The first-order valence-corrected chi connectivity index (χ1v) is 8.33. The molecule has 1 saturated heterocycles.